The minimum absolute atomic E-state index is 0.0353. The number of carbonyl (C=O) groups is 10. The van der Waals surface area contributed by atoms with Crippen LogP contribution in [0.1, 0.15) is 151 Å². The van der Waals surface area contributed by atoms with E-state index in [2.05, 4.69) is 21.3 Å². The average molecular weight is 1370 g/mol. The molecule has 28 nitrogen and oxygen atoms in total. The number of carboxylic acid groups (broad SMARTS) is 1. The molecule has 16 atom stereocenters. The molecule has 2 aliphatic heterocycles. The van der Waals surface area contributed by atoms with Gasteiger partial charge in [0.1, 0.15) is 42.8 Å². The molecule has 2 aromatic rings. The zero-order valence-corrected chi connectivity index (χ0v) is 59.1. The Kier molecular flexibility index (Phi) is 33.3. The monoisotopic (exact) mass is 1370 g/mol. The molecular weight excluding hydrogens is 1260 g/mol. The number of likely N-dealkylation sites (N-methyl/N-ethyl adjacent to an activating group) is 3. The Morgan fingerprint density at radius 2 is 1.44 bits per heavy atom. The molecule has 0 saturated carbocycles. The summed E-state index contributed by atoms with van der Waals surface area (Å²) in [6.07, 6.45) is -9.17. The maximum Gasteiger partial charge on any atom is 0.410 e. The number of ketones is 1. The van der Waals surface area contributed by atoms with E-state index < -0.39 is 139 Å². The fraction of sp³-hybridized carbons (Fsp3) is 0.681. The molecule has 8 amide bonds. The standard InChI is InChI=1S/C69H108N8O20/c1-16-40(6)56(51(93-14)35-53(81)77-33-23-28-49(77)61(94-15)42(8)64(87)71-43(9)57(82)46-25-20-18-21-26-46)75(12)66(89)54(38(2)3)73-65(88)55(39(4)5)76(13)69(92)95-37-45-29-30-50(96-68-60(85)58(83)59(84)62(97-68)67(90)91)48(34-45)72-52(80)31-32-70-63(86)41(7)24-19-17-22-27-47(79)36-74(11)44(10)78/h18,20-21,25-26,29-30,34,38-43,49,51,54-62,68,82-85H,16-17,19,22-24,27-28,31-33,35-37H2,1-15H3,(H,70,86)(H,71,87)(H,72,80)(H,73,88)(H,90,91)/t40-,41+,42+,43+,49?,51+,54-,55-,56-,57+,58-,59-,60+,61+,62-,68+/m0/s1. The third-order valence-corrected chi connectivity index (χ3v) is 18.5. The number of carboxylic acids is 1. The first-order chi connectivity index (χ1) is 45.7. The maximum atomic E-state index is 14.9. The number of aliphatic hydroxyl groups is 4. The zero-order chi connectivity index (χ0) is 72.7. The van der Waals surface area contributed by atoms with Crippen molar-refractivity contribution in [1.29, 1.82) is 0 Å². The highest BCUT2D eigenvalue weighted by Crippen LogP contribution is 2.33. The van der Waals surface area contributed by atoms with Crippen LogP contribution in [0, 0.1) is 29.6 Å². The Labute approximate surface area is 570 Å². The molecule has 0 bridgehead atoms. The molecule has 28 heteroatoms. The number of amides is 8. The largest absolute Gasteiger partial charge is 0.479 e. The number of anilines is 1. The number of carbonyl (C=O) groups excluding carboxylic acids is 9. The van der Waals surface area contributed by atoms with Crippen molar-refractivity contribution in [1.82, 2.24) is 35.6 Å². The van der Waals surface area contributed by atoms with Crippen LogP contribution in [0.4, 0.5) is 10.5 Å². The molecule has 9 N–H and O–H groups in total. The Morgan fingerprint density at radius 1 is 0.773 bits per heavy atom. The lowest BCUT2D eigenvalue weighted by atomic mass is 9.89. The van der Waals surface area contributed by atoms with Crippen LogP contribution in [0.25, 0.3) is 0 Å². The number of ether oxygens (including phenoxy) is 5. The van der Waals surface area contributed by atoms with Gasteiger partial charge < -0.3 is 85.2 Å². The Hall–Kier alpha value is -7.34. The molecule has 0 aromatic heterocycles. The number of hydrogen-bond donors (Lipinski definition) is 9. The van der Waals surface area contributed by atoms with Crippen molar-refractivity contribution in [2.24, 2.45) is 29.6 Å². The van der Waals surface area contributed by atoms with E-state index in [-0.39, 0.29) is 78.3 Å². The normalized spacial score (nSPS) is 20.9. The smallest absolute Gasteiger partial charge is 0.410 e. The maximum absolute atomic E-state index is 14.9. The second kappa shape index (κ2) is 39.3. The predicted octanol–water partition coefficient (Wildman–Crippen LogP) is 3.93. The lowest BCUT2D eigenvalue weighted by Crippen LogP contribution is -2.61. The van der Waals surface area contributed by atoms with Crippen molar-refractivity contribution in [2.45, 2.75) is 219 Å². The van der Waals surface area contributed by atoms with Crippen molar-refractivity contribution >= 4 is 64.9 Å². The van der Waals surface area contributed by atoms with E-state index in [0.29, 0.717) is 63.5 Å². The number of aliphatic hydroxyl groups excluding tert-OH is 4. The number of unbranched alkanes of at least 4 members (excludes halogenated alkanes) is 2. The van der Waals surface area contributed by atoms with Crippen molar-refractivity contribution in [3.8, 4) is 5.75 Å². The summed E-state index contributed by atoms with van der Waals surface area (Å²) < 4.78 is 28.9. The first-order valence-electron chi connectivity index (χ1n) is 33.6. The summed E-state index contributed by atoms with van der Waals surface area (Å²) in [6, 6.07) is 8.95. The first kappa shape index (κ1) is 82.1. The van der Waals surface area contributed by atoms with Gasteiger partial charge in [0, 0.05) is 74.1 Å². The summed E-state index contributed by atoms with van der Waals surface area (Å²) in [5, 5.41) is 63.4. The second-order valence-corrected chi connectivity index (χ2v) is 26.5. The number of methoxy groups -OCH3 is 2. The number of nitrogens with one attached hydrogen (secondary N) is 4. The third-order valence-electron chi connectivity index (χ3n) is 18.5. The second-order valence-electron chi connectivity index (χ2n) is 26.5. The van der Waals surface area contributed by atoms with Gasteiger partial charge in [0.15, 0.2) is 11.9 Å². The first-order valence-corrected chi connectivity index (χ1v) is 33.6. The van der Waals surface area contributed by atoms with E-state index in [1.165, 1.54) is 56.2 Å². The van der Waals surface area contributed by atoms with Crippen molar-refractivity contribution in [2.75, 3.05) is 60.3 Å². The van der Waals surface area contributed by atoms with Crippen LogP contribution >= 0.6 is 0 Å². The SMILES string of the molecule is CC[C@H](C)[C@@H]([C@@H](CC(=O)N1CCCC1[C@H](OC)[C@@H](C)C(=O)N[C@H](C)[C@@H](O)c1ccccc1)OC)N(C)C(=O)[C@@H](NC(=O)[C@H](C(C)C)N(C)C(=O)OCc1ccc(O[C@@H]2O[C@H](C(=O)O)[C@@H](O)[C@H](O)[C@H]2O)c(NC(=O)CCNC(=O)[C@H](C)CCCCCC(=O)CN(C)C(C)=O)c1)C(C)C. The van der Waals surface area contributed by atoms with Crippen molar-refractivity contribution in [3.05, 3.63) is 59.7 Å². The number of aliphatic carboxylic acids is 1. The van der Waals surface area contributed by atoms with E-state index >= 15 is 0 Å². The zero-order valence-electron chi connectivity index (χ0n) is 59.1. The van der Waals surface area contributed by atoms with E-state index in [4.69, 9.17) is 23.7 Å². The number of benzene rings is 2. The molecule has 1 unspecified atom stereocenters. The lowest BCUT2D eigenvalue weighted by molar-refractivity contribution is -0.271. The molecule has 0 spiro atoms. The van der Waals surface area contributed by atoms with Gasteiger partial charge in [-0.15, -0.1) is 0 Å². The molecule has 4 rings (SSSR count). The molecule has 2 fully saturated rings. The van der Waals surface area contributed by atoms with Crippen LogP contribution < -0.4 is 26.0 Å². The summed E-state index contributed by atoms with van der Waals surface area (Å²) in [5.74, 6) is -7.24. The van der Waals surface area contributed by atoms with Crippen LogP contribution in [0.15, 0.2) is 48.5 Å². The molecule has 2 aliphatic rings. The summed E-state index contributed by atoms with van der Waals surface area (Å²) in [7, 11) is 7.49. The van der Waals surface area contributed by atoms with Crippen LogP contribution in [-0.2, 0) is 68.7 Å². The molecule has 544 valence electrons. The topological polar surface area (TPSA) is 379 Å². The van der Waals surface area contributed by atoms with Gasteiger partial charge in [-0.1, -0.05) is 111 Å². The molecule has 97 heavy (non-hydrogen) atoms. The average Bonchev–Trinajstić information content (AvgIpc) is 1.68. The molecule has 2 heterocycles. The fourth-order valence-corrected chi connectivity index (χ4v) is 12.3. The van der Waals surface area contributed by atoms with E-state index in [1.807, 2.05) is 19.9 Å². The van der Waals surface area contributed by atoms with Crippen molar-refractivity contribution < 1.29 is 97.2 Å². The van der Waals surface area contributed by atoms with Crippen LogP contribution in [-0.4, -0.2) is 232 Å². The number of hydrogen-bond acceptors (Lipinski definition) is 19. The van der Waals surface area contributed by atoms with Gasteiger partial charge >= 0.3 is 12.1 Å². The summed E-state index contributed by atoms with van der Waals surface area (Å²) >= 11 is 0. The fourth-order valence-electron chi connectivity index (χ4n) is 12.3. The van der Waals surface area contributed by atoms with E-state index in [9.17, 15) is 73.5 Å². The Morgan fingerprint density at radius 3 is 2.04 bits per heavy atom. The Bertz CT molecular complexity index is 2940. The van der Waals surface area contributed by atoms with Gasteiger partial charge in [-0.2, -0.15) is 0 Å². The van der Waals surface area contributed by atoms with Crippen molar-refractivity contribution in [3.63, 3.8) is 0 Å². The highest BCUT2D eigenvalue weighted by Gasteiger charge is 2.49. The van der Waals surface area contributed by atoms with Gasteiger partial charge in [0.25, 0.3) is 0 Å². The van der Waals surface area contributed by atoms with Gasteiger partial charge in [-0.3, -0.25) is 43.3 Å². The van der Waals surface area contributed by atoms with E-state index in [0.717, 1.165) is 4.90 Å². The van der Waals surface area contributed by atoms with Crippen LogP contribution in [0.3, 0.4) is 0 Å². The van der Waals surface area contributed by atoms with Crippen LogP contribution in [0.5, 0.6) is 5.75 Å². The molecule has 0 aliphatic carbocycles. The third kappa shape index (κ3) is 23.4. The highest BCUT2D eigenvalue weighted by molar-refractivity contribution is 5.93. The minimum atomic E-state index is -2.03. The van der Waals surface area contributed by atoms with Gasteiger partial charge in [-0.05, 0) is 73.6 Å². The highest BCUT2D eigenvalue weighted by atomic mass is 16.7. The number of nitrogens with zero attached hydrogens (tertiary/aromatic N) is 4. The number of Topliss-reactive ketones (excluding diaryl/α,β-unsaturated/α-hetero) is 1. The summed E-state index contributed by atoms with van der Waals surface area (Å²) in [6.45, 7) is 17.3. The summed E-state index contributed by atoms with van der Waals surface area (Å²) in [5.41, 5.74) is 0.792. The lowest BCUT2D eigenvalue weighted by Gasteiger charge is -2.41. The minimum Gasteiger partial charge on any atom is -0.479 e. The quantitative estimate of drug-likeness (QED) is 0.0430. The van der Waals surface area contributed by atoms with Gasteiger partial charge in [0.2, 0.25) is 47.6 Å². The van der Waals surface area contributed by atoms with Gasteiger partial charge in [-0.25, -0.2) is 9.59 Å². The Balaban J connectivity index is 1.46. The number of rotatable bonds is 38. The number of likely N-dealkylation sites (tertiary alicyclic amines) is 1. The molecule has 2 aromatic carbocycles. The summed E-state index contributed by atoms with van der Waals surface area (Å²) in [4.78, 5) is 139. The molecular formula is C69H108N8O20. The van der Waals surface area contributed by atoms with Crippen LogP contribution in [0.2, 0.25) is 0 Å². The van der Waals surface area contributed by atoms with Gasteiger partial charge in [0.05, 0.1) is 61.0 Å². The molecule has 2 saturated heterocycles. The van der Waals surface area contributed by atoms with E-state index in [1.54, 1.807) is 91.7 Å². The predicted molar refractivity (Wildman–Crippen MR) is 357 cm³/mol. The molecule has 0 radical (unpaired) electrons.